The molecule has 0 fully saturated rings. The number of tetrazole rings is 1. The molecule has 1 atom stereocenters. The van der Waals surface area contributed by atoms with Gasteiger partial charge in [0.1, 0.15) is 24.1 Å². The number of ether oxygens (including phenoxy) is 2. The highest BCUT2D eigenvalue weighted by Gasteiger charge is 2.36. The Morgan fingerprint density at radius 3 is 2.68 bits per heavy atom. The molecular weight excluding hydrogens is 536 g/mol. The number of allylic oxidation sites excluding steroid dienone is 1. The van der Waals surface area contributed by atoms with E-state index >= 15 is 0 Å². The van der Waals surface area contributed by atoms with Gasteiger partial charge in [-0.25, -0.2) is 0 Å². The van der Waals surface area contributed by atoms with Gasteiger partial charge in [0.15, 0.2) is 0 Å². The predicted molar refractivity (Wildman–Crippen MR) is 144 cm³/mol. The number of carbonyl (C=O) groups excluding carboxylic acids is 1. The number of hydrogen-bond acceptors (Lipinski definition) is 7. The van der Waals surface area contributed by atoms with E-state index in [0.717, 1.165) is 21.2 Å². The number of rotatable bonds is 7. The number of hydrogen-bond donors (Lipinski definition) is 2. The van der Waals surface area contributed by atoms with Crippen molar-refractivity contribution in [3.63, 3.8) is 0 Å². The standard InChI is InChI=1S/C27H25BrN6O3/c1-16-8-4-5-9-18(16)15-37-22-13-12-19(28)14-20(22)25-24(17(2)29-27-31-32-33-34(25)27)26(35)30-21-10-6-7-11-23(21)36-3/h4-14,25H,15H2,1-3H3,(H,30,35)(H,29,31,33). The largest absolute Gasteiger partial charge is 0.495 e. The number of halogens is 1. The Hall–Kier alpha value is -4.18. The van der Waals surface area contributed by atoms with Gasteiger partial charge < -0.3 is 20.1 Å². The summed E-state index contributed by atoms with van der Waals surface area (Å²) in [5.41, 5.74) is 4.59. The van der Waals surface area contributed by atoms with Crippen molar-refractivity contribution in [1.29, 1.82) is 0 Å². The quantitative estimate of drug-likeness (QED) is 0.317. The summed E-state index contributed by atoms with van der Waals surface area (Å²) in [7, 11) is 1.56. The molecule has 3 aromatic carbocycles. The molecular formula is C27H25BrN6O3. The van der Waals surface area contributed by atoms with E-state index in [1.807, 2.05) is 68.4 Å². The van der Waals surface area contributed by atoms with E-state index in [1.165, 1.54) is 0 Å². The van der Waals surface area contributed by atoms with E-state index in [4.69, 9.17) is 9.47 Å². The number of nitrogens with zero attached hydrogens (tertiary/aromatic N) is 4. The molecule has 1 aromatic heterocycles. The third-order valence-corrected chi connectivity index (χ3v) is 6.72. The molecule has 188 valence electrons. The van der Waals surface area contributed by atoms with Gasteiger partial charge in [-0.05, 0) is 65.7 Å². The highest BCUT2D eigenvalue weighted by Crippen LogP contribution is 2.40. The van der Waals surface area contributed by atoms with Crippen LogP contribution in [0.25, 0.3) is 0 Å². The van der Waals surface area contributed by atoms with Crippen LogP contribution in [0, 0.1) is 6.92 Å². The fraction of sp³-hybridized carbons (Fsp3) is 0.185. The molecule has 1 unspecified atom stereocenters. The lowest BCUT2D eigenvalue weighted by atomic mass is 9.94. The van der Waals surface area contributed by atoms with E-state index in [2.05, 4.69) is 42.1 Å². The number of aryl methyl sites for hydroxylation is 1. The molecule has 2 N–H and O–H groups in total. The fourth-order valence-corrected chi connectivity index (χ4v) is 4.70. The zero-order chi connectivity index (χ0) is 25.9. The molecule has 10 heteroatoms. The molecule has 0 spiro atoms. The van der Waals surface area contributed by atoms with Gasteiger partial charge in [-0.15, -0.1) is 0 Å². The maximum absolute atomic E-state index is 13.8. The van der Waals surface area contributed by atoms with Crippen LogP contribution in [-0.4, -0.2) is 33.2 Å². The van der Waals surface area contributed by atoms with Crippen LogP contribution < -0.4 is 20.1 Å². The molecule has 1 amide bonds. The minimum Gasteiger partial charge on any atom is -0.495 e. The summed E-state index contributed by atoms with van der Waals surface area (Å²) in [6, 6.07) is 20.4. The Bertz CT molecular complexity index is 1500. The number of amides is 1. The molecule has 9 nitrogen and oxygen atoms in total. The Morgan fingerprint density at radius 2 is 1.86 bits per heavy atom. The van der Waals surface area contributed by atoms with Gasteiger partial charge >= 0.3 is 0 Å². The molecule has 37 heavy (non-hydrogen) atoms. The molecule has 0 saturated heterocycles. The van der Waals surface area contributed by atoms with Crippen molar-refractivity contribution in [3.8, 4) is 11.5 Å². The molecule has 5 rings (SSSR count). The lowest BCUT2D eigenvalue weighted by molar-refractivity contribution is -0.113. The van der Waals surface area contributed by atoms with E-state index in [1.54, 1.807) is 23.9 Å². The second kappa shape index (κ2) is 10.4. The molecule has 4 aromatic rings. The third-order valence-electron chi connectivity index (χ3n) is 6.22. The SMILES string of the molecule is COc1ccccc1NC(=O)C1=C(C)Nc2nnnn2C1c1cc(Br)ccc1OCc1ccccc1C. The molecule has 1 aliphatic heterocycles. The van der Waals surface area contributed by atoms with Crippen molar-refractivity contribution in [2.45, 2.75) is 26.5 Å². The summed E-state index contributed by atoms with van der Waals surface area (Å²) in [4.78, 5) is 13.8. The number of methoxy groups -OCH3 is 1. The first-order valence-corrected chi connectivity index (χ1v) is 12.4. The second-order valence-electron chi connectivity index (χ2n) is 8.56. The zero-order valence-electron chi connectivity index (χ0n) is 20.5. The molecule has 1 aliphatic rings. The number of benzene rings is 3. The zero-order valence-corrected chi connectivity index (χ0v) is 22.1. The Labute approximate surface area is 222 Å². The van der Waals surface area contributed by atoms with Gasteiger partial charge in [0.05, 0.1) is 18.4 Å². The van der Waals surface area contributed by atoms with E-state index in [-0.39, 0.29) is 5.91 Å². The Balaban J connectivity index is 1.56. The van der Waals surface area contributed by atoms with Crippen molar-refractivity contribution in [1.82, 2.24) is 20.2 Å². The molecule has 0 saturated carbocycles. The lowest BCUT2D eigenvalue weighted by Crippen LogP contribution is -2.32. The predicted octanol–water partition coefficient (Wildman–Crippen LogP) is 5.26. The molecule has 0 aliphatic carbocycles. The van der Waals surface area contributed by atoms with E-state index < -0.39 is 6.04 Å². The van der Waals surface area contributed by atoms with Crippen LogP contribution in [0.2, 0.25) is 0 Å². The summed E-state index contributed by atoms with van der Waals surface area (Å²) in [6.45, 7) is 4.25. The number of anilines is 2. The van der Waals surface area contributed by atoms with Crippen molar-refractivity contribution >= 4 is 33.5 Å². The van der Waals surface area contributed by atoms with E-state index in [9.17, 15) is 4.79 Å². The highest BCUT2D eigenvalue weighted by atomic mass is 79.9. The van der Waals surface area contributed by atoms with Crippen LogP contribution in [0.15, 0.2) is 82.5 Å². The number of nitrogens with one attached hydrogen (secondary N) is 2. The molecule has 2 heterocycles. The van der Waals surface area contributed by atoms with Crippen LogP contribution in [-0.2, 0) is 11.4 Å². The smallest absolute Gasteiger partial charge is 0.255 e. The first-order valence-electron chi connectivity index (χ1n) is 11.6. The third kappa shape index (κ3) is 4.92. The summed E-state index contributed by atoms with van der Waals surface area (Å²) in [6.07, 6.45) is 0. The van der Waals surface area contributed by atoms with Crippen molar-refractivity contribution < 1.29 is 14.3 Å². The summed E-state index contributed by atoms with van der Waals surface area (Å²) >= 11 is 3.58. The first kappa shape index (κ1) is 24.5. The van der Waals surface area contributed by atoms with Gasteiger partial charge in [0.25, 0.3) is 5.91 Å². The molecule has 0 radical (unpaired) electrons. The van der Waals surface area contributed by atoms with Crippen molar-refractivity contribution in [2.24, 2.45) is 0 Å². The Morgan fingerprint density at radius 1 is 1.08 bits per heavy atom. The normalized spacial score (nSPS) is 14.5. The highest BCUT2D eigenvalue weighted by molar-refractivity contribution is 9.10. The maximum Gasteiger partial charge on any atom is 0.255 e. The van der Waals surface area contributed by atoms with Gasteiger partial charge in [0.2, 0.25) is 5.95 Å². The van der Waals surface area contributed by atoms with Gasteiger partial charge in [-0.1, -0.05) is 57.4 Å². The first-order chi connectivity index (χ1) is 18.0. The summed E-state index contributed by atoms with van der Waals surface area (Å²) in [5, 5.41) is 18.3. The Kier molecular flexibility index (Phi) is 6.91. The number of para-hydroxylation sites is 2. The second-order valence-corrected chi connectivity index (χ2v) is 9.48. The number of fused-ring (bicyclic) bond motifs is 1. The van der Waals surface area contributed by atoms with Gasteiger partial charge in [-0.2, -0.15) is 4.68 Å². The maximum atomic E-state index is 13.8. The van der Waals surface area contributed by atoms with Gasteiger partial charge in [0, 0.05) is 15.7 Å². The fourth-order valence-electron chi connectivity index (χ4n) is 4.32. The van der Waals surface area contributed by atoms with E-state index in [0.29, 0.717) is 41.0 Å². The lowest BCUT2D eigenvalue weighted by Gasteiger charge is -2.29. The monoisotopic (exact) mass is 560 g/mol. The average Bonchev–Trinajstić information content (AvgIpc) is 3.36. The number of carbonyl (C=O) groups is 1. The minimum absolute atomic E-state index is 0.314. The van der Waals surface area contributed by atoms with Crippen LogP contribution in [0.4, 0.5) is 11.6 Å². The van der Waals surface area contributed by atoms with Crippen molar-refractivity contribution in [2.75, 3.05) is 17.7 Å². The summed E-state index contributed by atoms with van der Waals surface area (Å²) in [5.74, 6) is 1.30. The van der Waals surface area contributed by atoms with Crippen LogP contribution >= 0.6 is 15.9 Å². The van der Waals surface area contributed by atoms with Crippen molar-refractivity contribution in [3.05, 3.63) is 99.2 Å². The van der Waals surface area contributed by atoms with Crippen LogP contribution in [0.5, 0.6) is 11.5 Å². The topological polar surface area (TPSA) is 103 Å². The summed E-state index contributed by atoms with van der Waals surface area (Å²) < 4.78 is 14.2. The number of aromatic nitrogens is 4. The van der Waals surface area contributed by atoms with Crippen LogP contribution in [0.1, 0.15) is 29.7 Å². The van der Waals surface area contributed by atoms with Gasteiger partial charge in [-0.3, -0.25) is 4.79 Å². The average molecular weight is 561 g/mol. The molecule has 0 bridgehead atoms. The van der Waals surface area contributed by atoms with Crippen LogP contribution in [0.3, 0.4) is 0 Å². The minimum atomic E-state index is -0.648.